The molecular weight excluding hydrogens is 617 g/mol. The molecule has 8 aromatic rings. The van der Waals surface area contributed by atoms with E-state index in [0.717, 1.165) is 54.9 Å². The normalized spacial score (nSPS) is 12.3. The number of fused-ring (bicyclic) bond motifs is 20. The summed E-state index contributed by atoms with van der Waals surface area (Å²) in [6.07, 6.45) is 0. The van der Waals surface area contributed by atoms with Crippen molar-refractivity contribution in [3.63, 3.8) is 0 Å². The third-order valence-corrected chi connectivity index (χ3v) is 9.64. The minimum absolute atomic E-state index is 0.0498. The van der Waals surface area contributed by atoms with Crippen LogP contribution in [0.2, 0.25) is 0 Å². The van der Waals surface area contributed by atoms with Crippen LogP contribution in [0, 0.1) is 0 Å². The number of benzene rings is 5. The Morgan fingerprint density at radius 2 is 0.780 bits per heavy atom. The molecule has 8 heteroatoms. The standard InChI is InChI=1S/C42H30N8/c1-42(2,3)24-21-19-23(20-22-24)25-17-10-18-32-33(25)41-49-39-31-16-9-8-15-30(31)37(47-39)45-35-27-12-5-4-11-26(27)34(43-35)44-36-28-13-6-7-14-29(28)38(46-36)48-40(32)50-41/h4-22H,1-3H3,(H2,43,44,45,46,47,48,49,50). The molecule has 5 heterocycles. The van der Waals surface area contributed by atoms with Gasteiger partial charge in [-0.15, -0.1) is 0 Å². The zero-order chi connectivity index (χ0) is 33.6. The van der Waals surface area contributed by atoms with Crippen LogP contribution >= 0.6 is 0 Å². The Kier molecular flexibility index (Phi) is 5.97. The van der Waals surface area contributed by atoms with Crippen molar-refractivity contribution in [3.8, 4) is 56.7 Å². The second-order valence-corrected chi connectivity index (χ2v) is 13.8. The van der Waals surface area contributed by atoms with Crippen molar-refractivity contribution in [2.24, 2.45) is 0 Å². The molecule has 8 bridgehead atoms. The van der Waals surface area contributed by atoms with E-state index in [1.807, 2.05) is 72.8 Å². The predicted molar refractivity (Wildman–Crippen MR) is 200 cm³/mol. The van der Waals surface area contributed by atoms with E-state index in [-0.39, 0.29) is 5.41 Å². The summed E-state index contributed by atoms with van der Waals surface area (Å²) in [6, 6.07) is 39.4. The van der Waals surface area contributed by atoms with E-state index in [1.54, 1.807) is 0 Å². The van der Waals surface area contributed by atoms with Crippen molar-refractivity contribution in [3.05, 3.63) is 121 Å². The maximum Gasteiger partial charge on any atom is 0.164 e. The molecule has 2 aliphatic rings. The highest BCUT2D eigenvalue weighted by Crippen LogP contribution is 2.39. The van der Waals surface area contributed by atoms with Crippen LogP contribution in [0.4, 0.5) is 0 Å². The summed E-state index contributed by atoms with van der Waals surface area (Å²) in [5.41, 5.74) is 9.84. The molecule has 0 saturated heterocycles. The van der Waals surface area contributed by atoms with Crippen LogP contribution in [-0.2, 0) is 5.41 Å². The van der Waals surface area contributed by atoms with Gasteiger partial charge in [-0.2, -0.15) is 0 Å². The lowest BCUT2D eigenvalue weighted by Crippen LogP contribution is -2.10. The van der Waals surface area contributed by atoms with Gasteiger partial charge in [-0.05, 0) is 22.1 Å². The molecule has 50 heavy (non-hydrogen) atoms. The van der Waals surface area contributed by atoms with Gasteiger partial charge in [0.1, 0.15) is 22.6 Å². The van der Waals surface area contributed by atoms with Crippen LogP contribution < -0.4 is 0 Å². The Hall–Kier alpha value is -6.54. The Balaban J connectivity index is 1.36. The number of nitrogens with one attached hydrogen (secondary N) is 2. The van der Waals surface area contributed by atoms with Crippen molar-refractivity contribution in [1.82, 2.24) is 39.9 Å². The minimum Gasteiger partial charge on any atom is -0.324 e. The lowest BCUT2D eigenvalue weighted by molar-refractivity contribution is 0.590. The molecule has 0 spiro atoms. The van der Waals surface area contributed by atoms with Gasteiger partial charge in [0.25, 0.3) is 0 Å². The van der Waals surface area contributed by atoms with Crippen molar-refractivity contribution in [2.45, 2.75) is 26.2 Å². The molecule has 0 saturated carbocycles. The highest BCUT2D eigenvalue weighted by molar-refractivity contribution is 6.12. The quantitative estimate of drug-likeness (QED) is 0.184. The first-order valence-corrected chi connectivity index (χ1v) is 16.7. The highest BCUT2D eigenvalue weighted by Gasteiger charge is 2.23. The maximum absolute atomic E-state index is 5.26. The van der Waals surface area contributed by atoms with E-state index < -0.39 is 0 Å². The van der Waals surface area contributed by atoms with Crippen molar-refractivity contribution < 1.29 is 0 Å². The molecule has 2 aliphatic heterocycles. The van der Waals surface area contributed by atoms with E-state index in [9.17, 15) is 0 Å². The Morgan fingerprint density at radius 3 is 1.28 bits per heavy atom. The number of nitrogens with zero attached hydrogens (tertiary/aromatic N) is 6. The van der Waals surface area contributed by atoms with Gasteiger partial charge < -0.3 is 9.97 Å². The molecular formula is C42H30N8. The van der Waals surface area contributed by atoms with Crippen LogP contribution in [-0.4, -0.2) is 39.9 Å². The smallest absolute Gasteiger partial charge is 0.164 e. The summed E-state index contributed by atoms with van der Waals surface area (Å²) in [7, 11) is 0. The first kappa shape index (κ1) is 28.5. The van der Waals surface area contributed by atoms with E-state index >= 15 is 0 Å². The van der Waals surface area contributed by atoms with Gasteiger partial charge in [-0.3, -0.25) is 0 Å². The molecule has 10 rings (SSSR count). The van der Waals surface area contributed by atoms with E-state index in [0.29, 0.717) is 45.9 Å². The van der Waals surface area contributed by atoms with Gasteiger partial charge in [0.05, 0.1) is 0 Å². The zero-order valence-electron chi connectivity index (χ0n) is 27.7. The number of H-pyrrole nitrogens is 2. The van der Waals surface area contributed by atoms with E-state index in [4.69, 9.17) is 29.9 Å². The predicted octanol–water partition coefficient (Wildman–Crippen LogP) is 9.83. The van der Waals surface area contributed by atoms with Crippen LogP contribution in [0.15, 0.2) is 115 Å². The van der Waals surface area contributed by atoms with E-state index in [1.165, 1.54) is 5.56 Å². The van der Waals surface area contributed by atoms with Crippen LogP contribution in [0.25, 0.3) is 101 Å². The van der Waals surface area contributed by atoms with Crippen LogP contribution in [0.3, 0.4) is 0 Å². The number of aromatic amines is 2. The molecule has 0 amide bonds. The third kappa shape index (κ3) is 4.38. The molecule has 0 atom stereocenters. The van der Waals surface area contributed by atoms with Gasteiger partial charge >= 0.3 is 0 Å². The van der Waals surface area contributed by atoms with Gasteiger partial charge in [0, 0.05) is 43.8 Å². The van der Waals surface area contributed by atoms with Crippen LogP contribution in [0.1, 0.15) is 26.3 Å². The van der Waals surface area contributed by atoms with Gasteiger partial charge in [-0.25, -0.2) is 29.9 Å². The summed E-state index contributed by atoms with van der Waals surface area (Å²) >= 11 is 0. The van der Waals surface area contributed by atoms with Gasteiger partial charge in [0.15, 0.2) is 23.3 Å². The molecule has 238 valence electrons. The highest BCUT2D eigenvalue weighted by atomic mass is 15.1. The first-order valence-electron chi connectivity index (χ1n) is 16.7. The lowest BCUT2D eigenvalue weighted by atomic mass is 9.86. The number of hydrogen-bond acceptors (Lipinski definition) is 6. The fourth-order valence-corrected chi connectivity index (χ4v) is 7.08. The molecule has 3 aromatic heterocycles. The molecule has 0 unspecified atom stereocenters. The van der Waals surface area contributed by atoms with E-state index in [2.05, 4.69) is 73.2 Å². The largest absolute Gasteiger partial charge is 0.324 e. The monoisotopic (exact) mass is 646 g/mol. The molecule has 0 radical (unpaired) electrons. The molecule has 8 nitrogen and oxygen atoms in total. The maximum atomic E-state index is 5.26. The summed E-state index contributed by atoms with van der Waals surface area (Å²) in [5, 5.41) is 3.80. The van der Waals surface area contributed by atoms with Crippen molar-refractivity contribution in [2.75, 3.05) is 0 Å². The second kappa shape index (κ2) is 10.5. The zero-order valence-corrected chi connectivity index (χ0v) is 27.7. The first-order chi connectivity index (χ1) is 24.4. The minimum atomic E-state index is 0.0498. The summed E-state index contributed by atoms with van der Waals surface area (Å²) in [5.74, 6) is 2.34. The number of rotatable bonds is 1. The average molecular weight is 647 g/mol. The van der Waals surface area contributed by atoms with Crippen molar-refractivity contribution in [1.29, 1.82) is 0 Å². The second-order valence-electron chi connectivity index (χ2n) is 13.8. The topological polar surface area (TPSA) is 109 Å². The number of hydrogen-bond donors (Lipinski definition) is 2. The summed E-state index contributed by atoms with van der Waals surface area (Å²) in [4.78, 5) is 37.8. The lowest BCUT2D eigenvalue weighted by Gasteiger charge is -2.19. The van der Waals surface area contributed by atoms with Crippen LogP contribution in [0.5, 0.6) is 0 Å². The molecule has 2 N–H and O–H groups in total. The molecule has 5 aromatic carbocycles. The fourth-order valence-electron chi connectivity index (χ4n) is 7.08. The van der Waals surface area contributed by atoms with Gasteiger partial charge in [-0.1, -0.05) is 136 Å². The third-order valence-electron chi connectivity index (χ3n) is 9.64. The SMILES string of the molecule is CC(C)(C)c1ccc(-c2cccc3c4nc5nc(nc6[nH]c(nc7nc(nc([nH]4)c23)-c2ccccc2-7)c2ccccc62)-c2ccccc2-5)cc1. The molecule has 0 fully saturated rings. The Labute approximate surface area is 287 Å². The Bertz CT molecular complexity index is 2850. The average Bonchev–Trinajstić information content (AvgIpc) is 3.87. The number of aromatic nitrogens is 8. The fraction of sp³-hybridized carbons (Fsp3) is 0.0952. The van der Waals surface area contributed by atoms with Crippen molar-refractivity contribution >= 4 is 44.1 Å². The Morgan fingerprint density at radius 1 is 0.380 bits per heavy atom. The summed E-state index contributed by atoms with van der Waals surface area (Å²) in [6.45, 7) is 6.70. The molecule has 0 aliphatic carbocycles. The van der Waals surface area contributed by atoms with Gasteiger partial charge in [0.2, 0.25) is 0 Å². The summed E-state index contributed by atoms with van der Waals surface area (Å²) < 4.78 is 0.